The predicted octanol–water partition coefficient (Wildman–Crippen LogP) is 4.11. The zero-order valence-corrected chi connectivity index (χ0v) is 12.7. The van der Waals surface area contributed by atoms with Gasteiger partial charge in [-0.1, -0.05) is 23.2 Å². The number of nitrogens with one attached hydrogen (secondary N) is 1. The monoisotopic (exact) mass is 328 g/mol. The molecule has 4 nitrogen and oxygen atoms in total. The van der Waals surface area contributed by atoms with Crippen LogP contribution in [0.5, 0.6) is 5.75 Å². The Morgan fingerprint density at radius 2 is 2.25 bits per heavy atom. The first kappa shape index (κ1) is 14.8. The summed E-state index contributed by atoms with van der Waals surface area (Å²) in [6.45, 7) is 0. The summed E-state index contributed by atoms with van der Waals surface area (Å²) in [5.74, 6) is 0.174. The maximum Gasteiger partial charge on any atom is 0.250 e. The lowest BCUT2D eigenvalue weighted by Crippen LogP contribution is -2.07. The van der Waals surface area contributed by atoms with Gasteiger partial charge in [-0.2, -0.15) is 0 Å². The van der Waals surface area contributed by atoms with Crippen molar-refractivity contribution in [2.24, 2.45) is 0 Å². The molecule has 1 N–H and O–H groups in total. The third-order valence-corrected chi connectivity index (χ3v) is 3.51. The van der Waals surface area contributed by atoms with E-state index in [4.69, 9.17) is 27.9 Å². The van der Waals surface area contributed by atoms with E-state index in [0.29, 0.717) is 26.5 Å². The number of carbonyl (C=O) groups is 1. The molecule has 0 saturated carbocycles. The molecule has 0 spiro atoms. The molecule has 0 saturated heterocycles. The second kappa shape index (κ2) is 6.74. The first-order chi connectivity index (χ1) is 9.60. The number of rotatable bonds is 4. The van der Waals surface area contributed by atoms with E-state index in [2.05, 4.69) is 10.3 Å². The normalized spacial score (nSPS) is 10.8. The lowest BCUT2D eigenvalue weighted by Gasteiger charge is -2.07. The highest BCUT2D eigenvalue weighted by Gasteiger charge is 2.08. The largest absolute Gasteiger partial charge is 0.495 e. The van der Waals surface area contributed by atoms with Crippen molar-refractivity contribution in [2.45, 2.75) is 0 Å². The molecule has 0 aliphatic rings. The van der Waals surface area contributed by atoms with Crippen LogP contribution in [0.2, 0.25) is 10.0 Å². The van der Waals surface area contributed by atoms with Gasteiger partial charge in [0.1, 0.15) is 5.75 Å². The summed E-state index contributed by atoms with van der Waals surface area (Å²) in [5, 5.41) is 5.81. The Balaban J connectivity index is 2.16. The van der Waals surface area contributed by atoms with Gasteiger partial charge in [-0.05, 0) is 18.2 Å². The number of hydrogen-bond donors (Lipinski definition) is 1. The number of thiazole rings is 1. The lowest BCUT2D eigenvalue weighted by molar-refractivity contribution is -0.111. The molecule has 20 heavy (non-hydrogen) atoms. The second-order valence-electron chi connectivity index (χ2n) is 3.67. The molecule has 2 rings (SSSR count). The quantitative estimate of drug-likeness (QED) is 0.859. The van der Waals surface area contributed by atoms with E-state index in [1.807, 2.05) is 0 Å². The lowest BCUT2D eigenvalue weighted by atomic mass is 10.2. The van der Waals surface area contributed by atoms with Crippen molar-refractivity contribution in [1.82, 2.24) is 4.98 Å². The predicted molar refractivity (Wildman–Crippen MR) is 82.8 cm³/mol. The average molecular weight is 329 g/mol. The Hall–Kier alpha value is -1.56. The molecule has 0 aliphatic carbocycles. The van der Waals surface area contributed by atoms with E-state index in [1.165, 1.54) is 24.5 Å². The maximum atomic E-state index is 11.7. The summed E-state index contributed by atoms with van der Waals surface area (Å²) in [4.78, 5) is 15.7. The number of ether oxygens (including phenoxy) is 1. The number of carbonyl (C=O) groups excluding carboxylic acids is 1. The molecule has 0 fully saturated rings. The Morgan fingerprint density at radius 3 is 2.90 bits per heavy atom. The van der Waals surface area contributed by atoms with Crippen LogP contribution < -0.4 is 10.1 Å². The molecule has 1 heterocycles. The first-order valence-electron chi connectivity index (χ1n) is 5.51. The van der Waals surface area contributed by atoms with Crippen molar-refractivity contribution in [3.8, 4) is 5.75 Å². The van der Waals surface area contributed by atoms with E-state index in [0.717, 1.165) is 0 Å². The molecule has 0 aliphatic heterocycles. The van der Waals surface area contributed by atoms with Gasteiger partial charge in [0.2, 0.25) is 5.91 Å². The molecule has 104 valence electrons. The van der Waals surface area contributed by atoms with Gasteiger partial charge in [0.05, 0.1) is 12.1 Å². The Labute approximate surface area is 130 Å². The Bertz CT molecular complexity index is 642. The number of amides is 1. The van der Waals surface area contributed by atoms with Gasteiger partial charge in [0.15, 0.2) is 5.13 Å². The number of hydrogen-bond acceptors (Lipinski definition) is 4. The van der Waals surface area contributed by atoms with Crippen LogP contribution in [0.4, 0.5) is 5.13 Å². The smallest absolute Gasteiger partial charge is 0.250 e. The van der Waals surface area contributed by atoms with Crippen LogP contribution in [0.15, 0.2) is 29.8 Å². The second-order valence-corrected chi connectivity index (χ2v) is 5.41. The zero-order chi connectivity index (χ0) is 14.5. The van der Waals surface area contributed by atoms with Crippen LogP contribution >= 0.6 is 34.5 Å². The van der Waals surface area contributed by atoms with Gasteiger partial charge in [-0.15, -0.1) is 11.3 Å². The van der Waals surface area contributed by atoms with E-state index in [-0.39, 0.29) is 5.91 Å². The van der Waals surface area contributed by atoms with E-state index < -0.39 is 0 Å². The molecule has 1 aromatic carbocycles. The fourth-order valence-corrected chi connectivity index (χ4v) is 2.64. The number of benzene rings is 1. The van der Waals surface area contributed by atoms with Crippen LogP contribution in [0.25, 0.3) is 6.08 Å². The van der Waals surface area contributed by atoms with Gasteiger partial charge in [0.25, 0.3) is 0 Å². The molecule has 1 aromatic heterocycles. The number of methoxy groups -OCH3 is 1. The third kappa shape index (κ3) is 3.72. The third-order valence-electron chi connectivity index (χ3n) is 2.32. The fraction of sp³-hybridized carbons (Fsp3) is 0.0769. The van der Waals surface area contributed by atoms with E-state index in [9.17, 15) is 4.79 Å². The van der Waals surface area contributed by atoms with Crippen molar-refractivity contribution in [3.05, 3.63) is 45.4 Å². The summed E-state index contributed by atoms with van der Waals surface area (Å²) in [6.07, 6.45) is 4.56. The van der Waals surface area contributed by atoms with Gasteiger partial charge in [-0.25, -0.2) is 4.98 Å². The minimum absolute atomic E-state index is 0.293. The first-order valence-corrected chi connectivity index (χ1v) is 7.15. The van der Waals surface area contributed by atoms with E-state index in [1.54, 1.807) is 29.8 Å². The van der Waals surface area contributed by atoms with Crippen LogP contribution in [-0.4, -0.2) is 18.0 Å². The van der Waals surface area contributed by atoms with Crippen molar-refractivity contribution in [1.29, 1.82) is 0 Å². The SMILES string of the molecule is COc1c(Cl)cc(Cl)cc1/C=C/C(=O)Nc1nccs1. The van der Waals surface area contributed by atoms with E-state index >= 15 is 0 Å². The van der Waals surface area contributed by atoms with Crippen LogP contribution in [0.3, 0.4) is 0 Å². The Kier molecular flexibility index (Phi) is 5.00. The minimum atomic E-state index is -0.293. The van der Waals surface area contributed by atoms with Gasteiger partial charge in [-0.3, -0.25) is 10.1 Å². The van der Waals surface area contributed by atoms with Gasteiger partial charge >= 0.3 is 0 Å². The maximum absolute atomic E-state index is 11.7. The minimum Gasteiger partial charge on any atom is -0.495 e. The summed E-state index contributed by atoms with van der Waals surface area (Å²) >= 11 is 13.3. The molecule has 7 heteroatoms. The van der Waals surface area contributed by atoms with Crippen molar-refractivity contribution < 1.29 is 9.53 Å². The van der Waals surface area contributed by atoms with Gasteiger partial charge < -0.3 is 4.74 Å². The number of nitrogens with zero attached hydrogens (tertiary/aromatic N) is 1. The summed E-state index contributed by atoms with van der Waals surface area (Å²) in [5.41, 5.74) is 0.624. The standard InChI is InChI=1S/C13H10Cl2N2O2S/c1-19-12-8(6-9(14)7-10(12)15)2-3-11(18)17-13-16-4-5-20-13/h2-7H,1H3,(H,16,17,18)/b3-2+. The molecule has 0 unspecified atom stereocenters. The molecular formula is C13H10Cl2N2O2S. The van der Waals surface area contributed by atoms with Crippen LogP contribution in [-0.2, 0) is 4.79 Å². The van der Waals surface area contributed by atoms with Crippen molar-refractivity contribution in [3.63, 3.8) is 0 Å². The summed E-state index contributed by atoms with van der Waals surface area (Å²) in [7, 11) is 1.50. The molecule has 0 bridgehead atoms. The molecule has 0 atom stereocenters. The average Bonchev–Trinajstić information content (AvgIpc) is 2.88. The highest BCUT2D eigenvalue weighted by molar-refractivity contribution is 7.13. The van der Waals surface area contributed by atoms with Gasteiger partial charge in [0, 0.05) is 28.2 Å². The Morgan fingerprint density at radius 1 is 1.45 bits per heavy atom. The molecular weight excluding hydrogens is 319 g/mol. The zero-order valence-electron chi connectivity index (χ0n) is 10.4. The fourth-order valence-electron chi connectivity index (χ4n) is 1.52. The summed E-state index contributed by atoms with van der Waals surface area (Å²) < 4.78 is 5.19. The molecule has 1 amide bonds. The van der Waals surface area contributed by atoms with Crippen LogP contribution in [0, 0.1) is 0 Å². The highest BCUT2D eigenvalue weighted by Crippen LogP contribution is 2.32. The van der Waals surface area contributed by atoms with Crippen LogP contribution in [0.1, 0.15) is 5.56 Å². The van der Waals surface area contributed by atoms with Crippen molar-refractivity contribution in [2.75, 3.05) is 12.4 Å². The van der Waals surface area contributed by atoms with Crippen molar-refractivity contribution >= 4 is 51.7 Å². The highest BCUT2D eigenvalue weighted by atomic mass is 35.5. The topological polar surface area (TPSA) is 51.2 Å². The number of anilines is 1. The summed E-state index contributed by atoms with van der Waals surface area (Å²) in [6, 6.07) is 3.24. The number of aromatic nitrogens is 1. The molecule has 2 aromatic rings. The number of halogens is 2. The molecule has 0 radical (unpaired) electrons.